The molecule has 18 heavy (non-hydrogen) atoms. The van der Waals surface area contributed by atoms with Crippen LogP contribution in [0.15, 0.2) is 15.9 Å². The Bertz CT molecular complexity index is 392. The molecule has 3 rings (SSSR count). The normalized spacial score (nSPS) is 32.0. The van der Waals surface area contributed by atoms with Crippen molar-refractivity contribution in [1.29, 1.82) is 0 Å². The number of hydrogen-bond donors (Lipinski definition) is 1. The second kappa shape index (κ2) is 5.61. The van der Waals surface area contributed by atoms with Crippen molar-refractivity contribution in [3.63, 3.8) is 0 Å². The van der Waals surface area contributed by atoms with E-state index in [1.807, 2.05) is 11.3 Å². The summed E-state index contributed by atoms with van der Waals surface area (Å²) in [5, 5.41) is 3.64. The molecule has 1 N–H and O–H groups in total. The van der Waals surface area contributed by atoms with Gasteiger partial charge in [-0.2, -0.15) is 0 Å². The first-order chi connectivity index (χ1) is 8.76. The quantitative estimate of drug-likeness (QED) is 0.908. The summed E-state index contributed by atoms with van der Waals surface area (Å²) in [7, 11) is 0. The fraction of sp³-hybridized carbons (Fsp3) is 0.714. The molecular weight excluding hydrogens is 308 g/mol. The molecule has 0 aromatic carbocycles. The smallest absolute Gasteiger partial charge is 0.0701 e. The highest BCUT2D eigenvalue weighted by molar-refractivity contribution is 9.11. The third-order valence-corrected chi connectivity index (χ3v) is 5.95. The Balaban J connectivity index is 1.65. The molecule has 100 valence electrons. The molecule has 2 aliphatic rings. The summed E-state index contributed by atoms with van der Waals surface area (Å²) in [6, 6.07) is 6.83. The summed E-state index contributed by atoms with van der Waals surface area (Å²) in [5.41, 5.74) is 0. The van der Waals surface area contributed by atoms with E-state index in [1.54, 1.807) is 0 Å². The topological polar surface area (TPSA) is 15.3 Å². The zero-order valence-corrected chi connectivity index (χ0v) is 13.3. The van der Waals surface area contributed by atoms with E-state index in [0.29, 0.717) is 0 Å². The largest absolute Gasteiger partial charge is 0.314 e. The third-order valence-electron chi connectivity index (χ3n) is 4.34. The molecule has 2 fully saturated rings. The highest BCUT2D eigenvalue weighted by Crippen LogP contribution is 2.37. The Morgan fingerprint density at radius 1 is 1.33 bits per heavy atom. The minimum Gasteiger partial charge on any atom is -0.314 e. The highest BCUT2D eigenvalue weighted by Gasteiger charge is 2.40. The molecule has 2 bridgehead atoms. The molecule has 2 unspecified atom stereocenters. The maximum atomic E-state index is 3.64. The van der Waals surface area contributed by atoms with Crippen LogP contribution in [0.2, 0.25) is 0 Å². The molecule has 2 saturated heterocycles. The van der Waals surface area contributed by atoms with E-state index in [0.717, 1.165) is 31.2 Å². The van der Waals surface area contributed by atoms with Crippen molar-refractivity contribution < 1.29 is 0 Å². The predicted octanol–water partition coefficient (Wildman–Crippen LogP) is 3.62. The van der Waals surface area contributed by atoms with Gasteiger partial charge in [-0.3, -0.25) is 4.90 Å². The first kappa shape index (κ1) is 13.1. The number of piperidine rings is 1. The van der Waals surface area contributed by atoms with Crippen molar-refractivity contribution in [3.05, 3.63) is 20.8 Å². The number of thiophene rings is 1. The van der Waals surface area contributed by atoms with Crippen molar-refractivity contribution in [2.75, 3.05) is 6.54 Å². The Kier molecular flexibility index (Phi) is 4.09. The zero-order valence-electron chi connectivity index (χ0n) is 10.9. The molecule has 1 aromatic heterocycles. The van der Waals surface area contributed by atoms with Gasteiger partial charge in [0.25, 0.3) is 0 Å². The Morgan fingerprint density at radius 2 is 2.06 bits per heavy atom. The maximum absolute atomic E-state index is 3.64. The molecule has 0 amide bonds. The number of nitrogens with zero attached hydrogens (tertiary/aromatic N) is 1. The molecule has 2 aliphatic heterocycles. The monoisotopic (exact) mass is 328 g/mol. The molecule has 0 aliphatic carbocycles. The lowest BCUT2D eigenvalue weighted by molar-refractivity contribution is 0.111. The van der Waals surface area contributed by atoms with Crippen molar-refractivity contribution in [2.24, 2.45) is 0 Å². The van der Waals surface area contributed by atoms with Crippen LogP contribution < -0.4 is 5.32 Å². The Hall–Kier alpha value is 0.1000. The van der Waals surface area contributed by atoms with Gasteiger partial charge in [0.05, 0.1) is 3.79 Å². The van der Waals surface area contributed by atoms with E-state index in [1.165, 1.54) is 34.3 Å². The van der Waals surface area contributed by atoms with Crippen LogP contribution in [0.1, 0.15) is 37.5 Å². The molecule has 4 heteroatoms. The molecule has 0 spiro atoms. The molecule has 2 nitrogen and oxygen atoms in total. The van der Waals surface area contributed by atoms with E-state index in [2.05, 4.69) is 45.2 Å². The van der Waals surface area contributed by atoms with Crippen LogP contribution in [0, 0.1) is 0 Å². The number of halogens is 1. The summed E-state index contributed by atoms with van der Waals surface area (Å²) >= 11 is 5.45. The average Bonchev–Trinajstić information content (AvgIpc) is 2.83. The van der Waals surface area contributed by atoms with Crippen LogP contribution in [-0.4, -0.2) is 29.6 Å². The minimum atomic E-state index is 0.763. The van der Waals surface area contributed by atoms with Gasteiger partial charge in [-0.05, 0) is 60.3 Å². The minimum absolute atomic E-state index is 0.763. The van der Waals surface area contributed by atoms with Crippen LogP contribution in [0.5, 0.6) is 0 Å². The highest BCUT2D eigenvalue weighted by atomic mass is 79.9. The van der Waals surface area contributed by atoms with Crippen molar-refractivity contribution in [1.82, 2.24) is 10.2 Å². The summed E-state index contributed by atoms with van der Waals surface area (Å²) in [6.45, 7) is 4.49. The number of hydrogen-bond acceptors (Lipinski definition) is 3. The van der Waals surface area contributed by atoms with Gasteiger partial charge in [0, 0.05) is 29.5 Å². The first-order valence-corrected chi connectivity index (χ1v) is 8.60. The van der Waals surface area contributed by atoms with Gasteiger partial charge in [-0.15, -0.1) is 11.3 Å². The standard InChI is InChI=1S/C14H21BrN2S/c1-2-16-10-7-11-3-4-12(8-10)17(11)9-13-5-6-14(15)18-13/h5-6,10-12,16H,2-4,7-9H2,1H3. The lowest BCUT2D eigenvalue weighted by Gasteiger charge is -2.39. The van der Waals surface area contributed by atoms with Gasteiger partial charge >= 0.3 is 0 Å². The summed E-state index contributed by atoms with van der Waals surface area (Å²) in [5.74, 6) is 0. The van der Waals surface area contributed by atoms with Gasteiger partial charge < -0.3 is 5.32 Å². The van der Waals surface area contributed by atoms with Gasteiger partial charge in [-0.25, -0.2) is 0 Å². The van der Waals surface area contributed by atoms with Crippen molar-refractivity contribution in [2.45, 2.75) is 57.3 Å². The molecular formula is C14H21BrN2S. The van der Waals surface area contributed by atoms with Gasteiger partial charge in [0.15, 0.2) is 0 Å². The van der Waals surface area contributed by atoms with Gasteiger partial charge in [0.2, 0.25) is 0 Å². The third kappa shape index (κ3) is 2.67. The van der Waals surface area contributed by atoms with Crippen LogP contribution >= 0.6 is 27.3 Å². The van der Waals surface area contributed by atoms with Crippen LogP contribution in [0.3, 0.4) is 0 Å². The molecule has 0 saturated carbocycles. The molecule has 3 heterocycles. The lowest BCUT2D eigenvalue weighted by atomic mass is 9.97. The first-order valence-electron chi connectivity index (χ1n) is 6.99. The summed E-state index contributed by atoms with van der Waals surface area (Å²) < 4.78 is 1.26. The van der Waals surface area contributed by atoms with Gasteiger partial charge in [-0.1, -0.05) is 6.92 Å². The summed E-state index contributed by atoms with van der Waals surface area (Å²) in [6.07, 6.45) is 5.49. The second-order valence-electron chi connectivity index (χ2n) is 5.49. The SMILES string of the molecule is CCNC1CC2CCC(C1)N2Cc1ccc(Br)s1. The number of fused-ring (bicyclic) bond motifs is 2. The van der Waals surface area contributed by atoms with E-state index < -0.39 is 0 Å². The molecule has 2 atom stereocenters. The van der Waals surface area contributed by atoms with Crippen LogP contribution in [0.4, 0.5) is 0 Å². The lowest BCUT2D eigenvalue weighted by Crippen LogP contribution is -2.48. The van der Waals surface area contributed by atoms with E-state index in [9.17, 15) is 0 Å². The van der Waals surface area contributed by atoms with Crippen LogP contribution in [-0.2, 0) is 6.54 Å². The maximum Gasteiger partial charge on any atom is 0.0701 e. The number of nitrogens with one attached hydrogen (secondary N) is 1. The van der Waals surface area contributed by atoms with Gasteiger partial charge in [0.1, 0.15) is 0 Å². The van der Waals surface area contributed by atoms with Crippen LogP contribution in [0.25, 0.3) is 0 Å². The second-order valence-corrected chi connectivity index (χ2v) is 8.04. The fourth-order valence-corrected chi connectivity index (χ4v) is 5.10. The van der Waals surface area contributed by atoms with E-state index in [-0.39, 0.29) is 0 Å². The predicted molar refractivity (Wildman–Crippen MR) is 81.1 cm³/mol. The van der Waals surface area contributed by atoms with E-state index in [4.69, 9.17) is 0 Å². The van der Waals surface area contributed by atoms with Crippen molar-refractivity contribution in [3.8, 4) is 0 Å². The summed E-state index contributed by atoms with van der Waals surface area (Å²) in [4.78, 5) is 4.26. The van der Waals surface area contributed by atoms with E-state index >= 15 is 0 Å². The zero-order chi connectivity index (χ0) is 12.5. The Morgan fingerprint density at radius 3 is 2.61 bits per heavy atom. The average molecular weight is 329 g/mol. The fourth-order valence-electron chi connectivity index (χ4n) is 3.60. The molecule has 1 aromatic rings. The van der Waals surface area contributed by atoms with Crippen molar-refractivity contribution >= 4 is 27.3 Å². The Labute approximate surface area is 122 Å². The number of rotatable bonds is 4. The molecule has 0 radical (unpaired) electrons.